The largest absolute Gasteiger partial charge is 0.370 e. The maximum Gasteiger partial charge on any atom is 0.282 e. The van der Waals surface area contributed by atoms with E-state index in [9.17, 15) is 18.0 Å². The molecule has 6 nitrogen and oxygen atoms in total. The van der Waals surface area contributed by atoms with Crippen LogP contribution < -0.4 is 4.90 Å². The third kappa shape index (κ3) is 3.46. The normalized spacial score (nSPS) is 19.5. The van der Waals surface area contributed by atoms with E-state index in [-0.39, 0.29) is 18.3 Å². The van der Waals surface area contributed by atoms with Gasteiger partial charge in [0, 0.05) is 60.8 Å². The highest BCUT2D eigenvalue weighted by Gasteiger charge is 2.46. The number of likely N-dealkylation sites (tertiary alicyclic amines) is 1. The number of aromatic amines is 1. The van der Waals surface area contributed by atoms with Gasteiger partial charge in [-0.3, -0.25) is 9.69 Å². The predicted octanol–water partition coefficient (Wildman–Crippen LogP) is 3.89. The van der Waals surface area contributed by atoms with Gasteiger partial charge in [-0.15, -0.1) is 0 Å². The van der Waals surface area contributed by atoms with Gasteiger partial charge in [0.2, 0.25) is 5.91 Å². The zero-order valence-electron chi connectivity index (χ0n) is 18.7. The quantitative estimate of drug-likeness (QED) is 0.635. The first kappa shape index (κ1) is 21.2. The molecule has 0 atom stereocenters. The van der Waals surface area contributed by atoms with Gasteiger partial charge < -0.3 is 14.8 Å². The van der Waals surface area contributed by atoms with Gasteiger partial charge in [-0.2, -0.15) is 0 Å². The summed E-state index contributed by atoms with van der Waals surface area (Å²) >= 11 is 0. The molecule has 3 aromatic rings. The molecule has 9 heteroatoms. The molecule has 1 amide bonds. The minimum absolute atomic E-state index is 0.148. The van der Waals surface area contributed by atoms with Crippen molar-refractivity contribution in [1.82, 2.24) is 19.8 Å². The second-order valence-electron chi connectivity index (χ2n) is 9.40. The lowest BCUT2D eigenvalue weighted by Gasteiger charge is -2.40. The SMILES string of the molecule is CN1Cc2c(C3=CCN(CC(=O)N4CC(F)(F)C4)CC3)[nH]c3nccc(c23)-c2cc(F)ccc21. The third-order valence-electron chi connectivity index (χ3n) is 7.02. The zero-order chi connectivity index (χ0) is 23.6. The number of carbonyl (C=O) groups is 1. The van der Waals surface area contributed by atoms with E-state index in [1.165, 1.54) is 11.0 Å². The Balaban J connectivity index is 1.29. The van der Waals surface area contributed by atoms with Crippen LogP contribution in [0.25, 0.3) is 27.7 Å². The molecule has 0 saturated carbocycles. The highest BCUT2D eigenvalue weighted by atomic mass is 19.3. The average molecular weight is 467 g/mol. The number of benzene rings is 1. The van der Waals surface area contributed by atoms with Gasteiger partial charge in [0.05, 0.1) is 19.6 Å². The summed E-state index contributed by atoms with van der Waals surface area (Å²) in [5, 5.41) is 1.01. The van der Waals surface area contributed by atoms with Crippen molar-refractivity contribution in [1.29, 1.82) is 0 Å². The van der Waals surface area contributed by atoms with Gasteiger partial charge in [-0.25, -0.2) is 18.2 Å². The Morgan fingerprint density at radius 3 is 2.76 bits per heavy atom. The van der Waals surface area contributed by atoms with Gasteiger partial charge in [-0.05, 0) is 41.8 Å². The van der Waals surface area contributed by atoms with E-state index < -0.39 is 19.0 Å². The lowest BCUT2D eigenvalue weighted by atomic mass is 9.97. The van der Waals surface area contributed by atoms with Crippen LogP contribution in [0.15, 0.2) is 36.5 Å². The maximum absolute atomic E-state index is 14.1. The van der Waals surface area contributed by atoms with Crippen molar-refractivity contribution in [3.8, 4) is 11.1 Å². The molecule has 0 aliphatic carbocycles. The molecule has 3 aliphatic heterocycles. The van der Waals surface area contributed by atoms with Crippen LogP contribution in [-0.4, -0.2) is 71.4 Å². The molecule has 3 aliphatic rings. The monoisotopic (exact) mass is 467 g/mol. The van der Waals surface area contributed by atoms with E-state index in [0.717, 1.165) is 51.1 Å². The van der Waals surface area contributed by atoms with Crippen LogP contribution in [0.5, 0.6) is 0 Å². The van der Waals surface area contributed by atoms with Gasteiger partial charge in [0.15, 0.2) is 0 Å². The molecule has 34 heavy (non-hydrogen) atoms. The Bertz CT molecular complexity index is 1340. The van der Waals surface area contributed by atoms with Gasteiger partial charge in [0.25, 0.3) is 5.92 Å². The fraction of sp³-hybridized carbons (Fsp3) is 0.360. The number of fused-ring (bicyclic) bond motifs is 2. The number of pyridine rings is 1. The van der Waals surface area contributed by atoms with Crippen molar-refractivity contribution < 1.29 is 18.0 Å². The Morgan fingerprint density at radius 2 is 2.03 bits per heavy atom. The standard InChI is InChI=1S/C25H24F3N5O/c1-31-11-19-22-17(18-10-16(26)2-3-20(18)31)4-7-29-24(22)30-23(19)15-5-8-32(9-6-15)12-21(34)33-13-25(27,28)14-33/h2-5,7,10H,6,8-9,11-14H2,1H3,(H,29,30). The molecule has 5 heterocycles. The minimum atomic E-state index is -2.74. The summed E-state index contributed by atoms with van der Waals surface area (Å²) in [6, 6.07) is 6.81. The van der Waals surface area contributed by atoms with E-state index in [1.807, 2.05) is 24.1 Å². The minimum Gasteiger partial charge on any atom is -0.370 e. The van der Waals surface area contributed by atoms with Gasteiger partial charge in [-0.1, -0.05) is 6.08 Å². The fourth-order valence-corrected chi connectivity index (χ4v) is 5.28. The van der Waals surface area contributed by atoms with Crippen LogP contribution in [0.1, 0.15) is 17.7 Å². The number of hydrogen-bond donors (Lipinski definition) is 1. The number of H-pyrrole nitrogens is 1. The van der Waals surface area contributed by atoms with Crippen molar-refractivity contribution in [2.24, 2.45) is 0 Å². The number of halogens is 3. The first-order valence-electron chi connectivity index (χ1n) is 11.4. The van der Waals surface area contributed by atoms with Crippen LogP contribution in [-0.2, 0) is 11.3 Å². The summed E-state index contributed by atoms with van der Waals surface area (Å²) in [5.41, 5.74) is 6.82. The highest BCUT2D eigenvalue weighted by molar-refractivity contribution is 6.02. The van der Waals surface area contributed by atoms with Crippen LogP contribution in [0.2, 0.25) is 0 Å². The van der Waals surface area contributed by atoms with Crippen LogP contribution >= 0.6 is 0 Å². The number of anilines is 1. The number of aromatic nitrogens is 2. The third-order valence-corrected chi connectivity index (χ3v) is 7.02. The first-order valence-corrected chi connectivity index (χ1v) is 11.4. The second-order valence-corrected chi connectivity index (χ2v) is 9.40. The molecule has 176 valence electrons. The highest BCUT2D eigenvalue weighted by Crippen LogP contribution is 2.43. The molecule has 0 spiro atoms. The van der Waals surface area contributed by atoms with E-state index in [2.05, 4.69) is 20.9 Å². The van der Waals surface area contributed by atoms with Crippen molar-refractivity contribution in [3.63, 3.8) is 0 Å². The van der Waals surface area contributed by atoms with Crippen LogP contribution in [0.4, 0.5) is 18.9 Å². The topological polar surface area (TPSA) is 55.5 Å². The summed E-state index contributed by atoms with van der Waals surface area (Å²) in [6.45, 7) is 1.08. The molecular formula is C25H24F3N5O. The Morgan fingerprint density at radius 1 is 1.21 bits per heavy atom. The van der Waals surface area contributed by atoms with Crippen molar-refractivity contribution in [2.45, 2.75) is 18.9 Å². The molecule has 1 fully saturated rings. The smallest absolute Gasteiger partial charge is 0.282 e. The van der Waals surface area contributed by atoms with Crippen molar-refractivity contribution in [3.05, 3.63) is 53.6 Å². The second kappa shape index (κ2) is 7.59. The summed E-state index contributed by atoms with van der Waals surface area (Å²) < 4.78 is 40.3. The number of hydrogen-bond acceptors (Lipinski definition) is 4. The van der Waals surface area contributed by atoms with Crippen LogP contribution in [0.3, 0.4) is 0 Å². The number of nitrogens with zero attached hydrogens (tertiary/aromatic N) is 4. The lowest BCUT2D eigenvalue weighted by Crippen LogP contribution is -2.60. The maximum atomic E-state index is 14.1. The molecular weight excluding hydrogens is 443 g/mol. The van der Waals surface area contributed by atoms with E-state index in [4.69, 9.17) is 0 Å². The van der Waals surface area contributed by atoms with Crippen LogP contribution in [0, 0.1) is 5.82 Å². The Kier molecular flexibility index (Phi) is 4.74. The van der Waals surface area contributed by atoms with Gasteiger partial charge in [0.1, 0.15) is 11.5 Å². The van der Waals surface area contributed by atoms with Crippen molar-refractivity contribution in [2.75, 3.05) is 44.7 Å². The number of rotatable bonds is 3. The summed E-state index contributed by atoms with van der Waals surface area (Å²) in [6.07, 6.45) is 4.56. The van der Waals surface area contributed by atoms with Gasteiger partial charge >= 0.3 is 0 Å². The van der Waals surface area contributed by atoms with E-state index >= 15 is 0 Å². The first-order chi connectivity index (χ1) is 16.3. The molecule has 0 radical (unpaired) electrons. The molecule has 0 bridgehead atoms. The molecule has 1 aromatic carbocycles. The average Bonchev–Trinajstić information content (AvgIpc) is 3.10. The predicted molar refractivity (Wildman–Crippen MR) is 124 cm³/mol. The Hall–Kier alpha value is -3.33. The van der Waals surface area contributed by atoms with E-state index in [1.54, 1.807) is 12.3 Å². The van der Waals surface area contributed by atoms with E-state index in [0.29, 0.717) is 19.6 Å². The van der Waals surface area contributed by atoms with Crippen molar-refractivity contribution >= 4 is 28.2 Å². The summed E-state index contributed by atoms with van der Waals surface area (Å²) in [7, 11) is 2.00. The molecule has 1 N–H and O–H groups in total. The number of alkyl halides is 2. The molecule has 0 unspecified atom stereocenters. The molecule has 1 saturated heterocycles. The number of nitrogens with one attached hydrogen (secondary N) is 1. The fourth-order valence-electron chi connectivity index (χ4n) is 5.28. The Labute approximate surface area is 194 Å². The molecule has 6 rings (SSSR count). The number of amides is 1. The lowest BCUT2D eigenvalue weighted by molar-refractivity contribution is -0.166. The summed E-state index contributed by atoms with van der Waals surface area (Å²) in [4.78, 5) is 25.6. The molecule has 2 aromatic heterocycles. The number of carbonyl (C=O) groups excluding carboxylic acids is 1. The summed E-state index contributed by atoms with van der Waals surface area (Å²) in [5.74, 6) is -3.27. The zero-order valence-corrected chi connectivity index (χ0v) is 18.7.